The van der Waals surface area contributed by atoms with E-state index in [1.54, 1.807) is 10.8 Å². The lowest BCUT2D eigenvalue weighted by Crippen LogP contribution is -2.16. The third kappa shape index (κ3) is 3.47. The van der Waals surface area contributed by atoms with Gasteiger partial charge in [0, 0.05) is 23.2 Å². The third-order valence-electron chi connectivity index (χ3n) is 7.10. The monoisotopic (exact) mass is 403 g/mol. The topological polar surface area (TPSA) is 63.8 Å². The Hall–Kier alpha value is -2.82. The molecule has 0 aliphatic heterocycles. The van der Waals surface area contributed by atoms with Crippen LogP contribution in [0.1, 0.15) is 64.1 Å². The maximum Gasteiger partial charge on any atom is 0.266 e. The quantitative estimate of drug-likeness (QED) is 0.435. The van der Waals surface area contributed by atoms with Crippen molar-refractivity contribution in [2.45, 2.75) is 58.3 Å². The van der Waals surface area contributed by atoms with E-state index in [-0.39, 0.29) is 5.56 Å². The first-order valence-electron chi connectivity index (χ1n) is 11.2. The summed E-state index contributed by atoms with van der Waals surface area (Å²) >= 11 is 0. The summed E-state index contributed by atoms with van der Waals surface area (Å²) in [5.74, 6) is 2.97. The zero-order valence-electron chi connectivity index (χ0n) is 17.7. The summed E-state index contributed by atoms with van der Waals surface area (Å²) in [5, 5.41) is 8.67. The van der Waals surface area contributed by atoms with Crippen molar-refractivity contribution < 1.29 is 4.42 Å². The van der Waals surface area contributed by atoms with Crippen LogP contribution in [0.15, 0.2) is 51.9 Å². The summed E-state index contributed by atoms with van der Waals surface area (Å²) in [6.07, 6.45) is 10.9. The van der Waals surface area contributed by atoms with E-state index in [1.807, 2.05) is 36.5 Å². The molecule has 5 nitrogen and oxygen atoms in total. The summed E-state index contributed by atoms with van der Waals surface area (Å²) in [6.45, 7) is 4.77. The van der Waals surface area contributed by atoms with Gasteiger partial charge in [0.2, 0.25) is 0 Å². The van der Waals surface area contributed by atoms with Crippen LogP contribution in [0, 0.1) is 11.8 Å². The van der Waals surface area contributed by atoms with Crippen molar-refractivity contribution in [3.8, 4) is 5.69 Å². The van der Waals surface area contributed by atoms with Crippen LogP contribution in [0.3, 0.4) is 0 Å². The molecule has 2 atom stereocenters. The third-order valence-corrected chi connectivity index (χ3v) is 7.10. The van der Waals surface area contributed by atoms with E-state index in [0.717, 1.165) is 47.0 Å². The second-order valence-corrected chi connectivity index (χ2v) is 9.07. The Labute approximate surface area is 176 Å². The molecular formula is C25H29N3O2. The van der Waals surface area contributed by atoms with E-state index >= 15 is 0 Å². The number of nitrogens with zero attached hydrogens (tertiary/aromatic N) is 2. The first-order chi connectivity index (χ1) is 14.6. The maximum absolute atomic E-state index is 13.2. The number of pyridine rings is 1. The maximum atomic E-state index is 13.2. The van der Waals surface area contributed by atoms with Gasteiger partial charge in [0.1, 0.15) is 11.3 Å². The summed E-state index contributed by atoms with van der Waals surface area (Å²) < 4.78 is 7.89. The molecular weight excluding hydrogens is 374 g/mol. The fraction of sp³-hybridized carbons (Fsp3) is 0.440. The largest absolute Gasteiger partial charge is 0.461 e. The molecule has 5 heteroatoms. The predicted octanol–water partition coefficient (Wildman–Crippen LogP) is 6.17. The lowest BCUT2D eigenvalue weighted by molar-refractivity contribution is 0.339. The number of rotatable bonds is 2. The Balaban J connectivity index is 1.48. The fourth-order valence-corrected chi connectivity index (χ4v) is 4.91. The second kappa shape index (κ2) is 7.78. The molecule has 3 aromatic heterocycles. The van der Waals surface area contributed by atoms with Gasteiger partial charge in [-0.2, -0.15) is 5.10 Å². The van der Waals surface area contributed by atoms with E-state index < -0.39 is 0 Å². The minimum atomic E-state index is -0.0318. The number of hydrogen-bond acceptors (Lipinski definition) is 3. The van der Waals surface area contributed by atoms with Gasteiger partial charge in [0.25, 0.3) is 5.56 Å². The predicted molar refractivity (Wildman–Crippen MR) is 120 cm³/mol. The summed E-state index contributed by atoms with van der Waals surface area (Å²) in [6, 6.07) is 9.79. The van der Waals surface area contributed by atoms with Crippen LogP contribution < -0.4 is 5.56 Å². The number of hydrogen-bond donors (Lipinski definition) is 1. The van der Waals surface area contributed by atoms with Gasteiger partial charge in [0.15, 0.2) is 0 Å². The summed E-state index contributed by atoms with van der Waals surface area (Å²) in [7, 11) is 0. The van der Waals surface area contributed by atoms with E-state index in [4.69, 9.17) is 4.42 Å². The number of aromatic nitrogens is 3. The number of aromatic amines is 1. The van der Waals surface area contributed by atoms with Gasteiger partial charge in [0.05, 0.1) is 17.1 Å². The van der Waals surface area contributed by atoms with Crippen molar-refractivity contribution in [3.05, 3.63) is 58.8 Å². The Kier molecular flexibility index (Phi) is 4.97. The first kappa shape index (κ1) is 19.2. The van der Waals surface area contributed by atoms with Crippen LogP contribution in [0.2, 0.25) is 0 Å². The fourth-order valence-electron chi connectivity index (χ4n) is 4.91. The molecule has 30 heavy (non-hydrogen) atoms. The molecule has 0 radical (unpaired) electrons. The molecule has 1 aliphatic carbocycles. The highest BCUT2D eigenvalue weighted by Gasteiger charge is 2.22. The van der Waals surface area contributed by atoms with Gasteiger partial charge in [-0.3, -0.25) is 14.5 Å². The highest BCUT2D eigenvalue weighted by Crippen LogP contribution is 2.35. The molecule has 1 aromatic carbocycles. The molecule has 1 aliphatic rings. The summed E-state index contributed by atoms with van der Waals surface area (Å²) in [5.41, 5.74) is 2.46. The zero-order chi connectivity index (χ0) is 20.7. The van der Waals surface area contributed by atoms with Crippen molar-refractivity contribution in [1.82, 2.24) is 14.8 Å². The molecule has 0 spiro atoms. The normalized spacial score (nSPS) is 23.3. The van der Waals surface area contributed by atoms with E-state index in [1.165, 1.54) is 25.7 Å². The van der Waals surface area contributed by atoms with Crippen molar-refractivity contribution in [2.24, 2.45) is 11.8 Å². The van der Waals surface area contributed by atoms with Gasteiger partial charge in [-0.1, -0.05) is 39.5 Å². The first-order valence-corrected chi connectivity index (χ1v) is 11.2. The Bertz CT molecular complexity index is 1220. The molecule has 5 rings (SSSR count). The molecule has 1 N–H and O–H groups in total. The van der Waals surface area contributed by atoms with Crippen molar-refractivity contribution in [3.63, 3.8) is 0 Å². The van der Waals surface area contributed by atoms with Crippen LogP contribution in [0.4, 0.5) is 0 Å². The smallest absolute Gasteiger partial charge is 0.266 e. The number of H-pyrrole nitrogens is 1. The average Bonchev–Trinajstić information content (AvgIpc) is 3.39. The highest BCUT2D eigenvalue weighted by atomic mass is 16.3. The van der Waals surface area contributed by atoms with Crippen molar-refractivity contribution in [2.75, 3.05) is 0 Å². The van der Waals surface area contributed by atoms with Crippen LogP contribution in [0.5, 0.6) is 0 Å². The van der Waals surface area contributed by atoms with E-state index in [0.29, 0.717) is 16.9 Å². The Morgan fingerprint density at radius 3 is 2.57 bits per heavy atom. The minimum Gasteiger partial charge on any atom is -0.461 e. The summed E-state index contributed by atoms with van der Waals surface area (Å²) in [4.78, 5) is 13.2. The molecule has 2 unspecified atom stereocenters. The van der Waals surface area contributed by atoms with Crippen LogP contribution in [0.25, 0.3) is 27.6 Å². The van der Waals surface area contributed by atoms with Gasteiger partial charge in [-0.05, 0) is 55.0 Å². The molecule has 0 bridgehead atoms. The number of furan rings is 1. The van der Waals surface area contributed by atoms with Crippen LogP contribution in [-0.2, 0) is 0 Å². The van der Waals surface area contributed by atoms with E-state index in [9.17, 15) is 4.79 Å². The molecule has 3 heterocycles. The zero-order valence-corrected chi connectivity index (χ0v) is 17.7. The van der Waals surface area contributed by atoms with Crippen molar-refractivity contribution in [1.29, 1.82) is 0 Å². The lowest BCUT2D eigenvalue weighted by Gasteiger charge is -2.17. The average molecular weight is 404 g/mol. The Morgan fingerprint density at radius 1 is 1.03 bits per heavy atom. The molecule has 156 valence electrons. The highest BCUT2D eigenvalue weighted by molar-refractivity contribution is 5.81. The molecule has 0 saturated heterocycles. The molecule has 0 amide bonds. The molecule has 1 saturated carbocycles. The van der Waals surface area contributed by atoms with Gasteiger partial charge in [-0.15, -0.1) is 0 Å². The van der Waals surface area contributed by atoms with E-state index in [2.05, 4.69) is 24.0 Å². The number of nitrogens with one attached hydrogen (secondary N) is 1. The van der Waals surface area contributed by atoms with Gasteiger partial charge < -0.3 is 4.42 Å². The van der Waals surface area contributed by atoms with Crippen molar-refractivity contribution >= 4 is 21.9 Å². The number of fused-ring (bicyclic) bond motifs is 2. The number of benzene rings is 1. The minimum absolute atomic E-state index is 0.0318. The lowest BCUT2D eigenvalue weighted by atomic mass is 9.89. The second-order valence-electron chi connectivity index (χ2n) is 9.07. The molecule has 4 aromatic rings. The molecule has 1 fully saturated rings. The Morgan fingerprint density at radius 2 is 1.80 bits per heavy atom. The standard InChI is InChI=1S/C25H29N3O2/c1-16-5-3-7-18(8-4-6-17(16)2)24-14-21-23(30-24)11-12-28(25(21)29)20-9-10-22-19(13-20)15-26-27-22/h9-18H,3-8H2,1-2H3,(H,26,27). The van der Waals surface area contributed by atoms with Gasteiger partial charge in [-0.25, -0.2) is 0 Å². The van der Waals surface area contributed by atoms with Crippen LogP contribution >= 0.6 is 0 Å². The van der Waals surface area contributed by atoms with Gasteiger partial charge >= 0.3 is 0 Å². The SMILES string of the molecule is CC1CCCC(c2cc3c(=O)n(-c4ccc5[nH]ncc5c4)ccc3o2)CCCC1C. The van der Waals surface area contributed by atoms with Crippen LogP contribution in [-0.4, -0.2) is 14.8 Å².